The van der Waals surface area contributed by atoms with Crippen molar-refractivity contribution in [3.05, 3.63) is 108 Å². The minimum absolute atomic E-state index is 0.381. The van der Waals surface area contributed by atoms with Gasteiger partial charge in [0, 0.05) is 5.56 Å². The Bertz CT molecular complexity index is 1290. The van der Waals surface area contributed by atoms with Gasteiger partial charge in [-0.2, -0.15) is 0 Å². The molecular formula is C26H19N3O2. The number of anilines is 2. The molecule has 5 nitrogen and oxygen atoms in total. The lowest BCUT2D eigenvalue weighted by atomic mass is 10.1. The van der Waals surface area contributed by atoms with Crippen LogP contribution in [0, 0.1) is 0 Å². The molecule has 0 radical (unpaired) electrons. The number of amides is 3. The number of benzene rings is 4. The zero-order valence-corrected chi connectivity index (χ0v) is 16.6. The molecule has 31 heavy (non-hydrogen) atoms. The van der Waals surface area contributed by atoms with Crippen molar-refractivity contribution in [1.29, 1.82) is 0 Å². The molecular weight excluding hydrogens is 386 g/mol. The van der Waals surface area contributed by atoms with Crippen molar-refractivity contribution < 1.29 is 9.59 Å². The molecule has 5 rings (SSSR count). The van der Waals surface area contributed by atoms with E-state index in [1.54, 1.807) is 17.0 Å². The zero-order chi connectivity index (χ0) is 21.2. The topological polar surface area (TPSA) is 61.4 Å². The van der Waals surface area contributed by atoms with Gasteiger partial charge in [-0.25, -0.2) is 10.2 Å². The molecule has 0 unspecified atom stereocenters. The molecule has 0 atom stereocenters. The summed E-state index contributed by atoms with van der Waals surface area (Å²) < 4.78 is 0. The summed E-state index contributed by atoms with van der Waals surface area (Å²) in [5, 5.41) is 2.01. The molecule has 0 spiro atoms. The Labute approximate surface area is 179 Å². The summed E-state index contributed by atoms with van der Waals surface area (Å²) in [6, 6.07) is 28.1. The standard InChI is InChI=1S/C26H19N3O2/c30-25(22-16-13-18-7-1-2-10-21(18)17-22)27-28-26(31)29-23-11-5-3-8-19(23)14-15-20-9-4-6-12-24(20)29/h1-17H,(H,27,30)(H,28,31). The maximum atomic E-state index is 13.2. The van der Waals surface area contributed by atoms with Crippen LogP contribution < -0.4 is 15.8 Å². The predicted octanol–water partition coefficient (Wildman–Crippen LogP) is 5.52. The fourth-order valence-electron chi connectivity index (χ4n) is 3.76. The van der Waals surface area contributed by atoms with E-state index >= 15 is 0 Å². The number of nitrogens with zero attached hydrogens (tertiary/aromatic N) is 1. The van der Waals surface area contributed by atoms with Crippen molar-refractivity contribution in [3.8, 4) is 0 Å². The van der Waals surface area contributed by atoms with Gasteiger partial charge in [0.15, 0.2) is 0 Å². The highest BCUT2D eigenvalue weighted by Crippen LogP contribution is 2.36. The Kier molecular flexibility index (Phi) is 4.69. The van der Waals surface area contributed by atoms with Gasteiger partial charge in [-0.05, 0) is 46.2 Å². The second kappa shape index (κ2) is 7.80. The highest BCUT2D eigenvalue weighted by molar-refractivity contribution is 6.07. The van der Waals surface area contributed by atoms with Crippen molar-refractivity contribution >= 4 is 46.2 Å². The predicted molar refractivity (Wildman–Crippen MR) is 124 cm³/mol. The lowest BCUT2D eigenvalue weighted by Crippen LogP contribution is -2.47. The Balaban J connectivity index is 1.41. The van der Waals surface area contributed by atoms with Crippen molar-refractivity contribution in [3.63, 3.8) is 0 Å². The van der Waals surface area contributed by atoms with E-state index in [0.29, 0.717) is 5.56 Å². The normalized spacial score (nSPS) is 11.9. The summed E-state index contributed by atoms with van der Waals surface area (Å²) in [7, 11) is 0. The van der Waals surface area contributed by atoms with Crippen LogP contribution in [-0.4, -0.2) is 11.9 Å². The molecule has 5 heteroatoms. The second-order valence-electron chi connectivity index (χ2n) is 7.23. The van der Waals surface area contributed by atoms with Crippen LogP contribution in [0.5, 0.6) is 0 Å². The number of fused-ring (bicyclic) bond motifs is 3. The van der Waals surface area contributed by atoms with Crippen LogP contribution in [0.25, 0.3) is 22.9 Å². The van der Waals surface area contributed by atoms with Crippen LogP contribution in [0.4, 0.5) is 16.2 Å². The van der Waals surface area contributed by atoms with Gasteiger partial charge in [-0.3, -0.25) is 15.1 Å². The van der Waals surface area contributed by atoms with Gasteiger partial charge in [0.25, 0.3) is 5.91 Å². The fourth-order valence-corrected chi connectivity index (χ4v) is 3.76. The molecule has 1 aliphatic rings. The van der Waals surface area contributed by atoms with E-state index in [1.165, 1.54) is 0 Å². The summed E-state index contributed by atoms with van der Waals surface area (Å²) in [6.07, 6.45) is 3.96. The average Bonchev–Trinajstić information content (AvgIpc) is 2.99. The number of para-hydroxylation sites is 2. The van der Waals surface area contributed by atoms with Crippen molar-refractivity contribution in [2.24, 2.45) is 0 Å². The summed E-state index contributed by atoms with van der Waals surface area (Å²) >= 11 is 0. The lowest BCUT2D eigenvalue weighted by molar-refractivity contribution is 0.0937. The largest absolute Gasteiger partial charge is 0.345 e. The smallest absolute Gasteiger partial charge is 0.267 e. The highest BCUT2D eigenvalue weighted by atomic mass is 16.2. The molecule has 0 bridgehead atoms. The lowest BCUT2D eigenvalue weighted by Gasteiger charge is -2.25. The van der Waals surface area contributed by atoms with E-state index in [0.717, 1.165) is 33.3 Å². The average molecular weight is 405 g/mol. The van der Waals surface area contributed by atoms with Gasteiger partial charge in [-0.15, -0.1) is 0 Å². The van der Waals surface area contributed by atoms with Gasteiger partial charge in [-0.1, -0.05) is 78.9 Å². The minimum Gasteiger partial charge on any atom is -0.267 e. The number of rotatable bonds is 1. The molecule has 3 amide bonds. The molecule has 0 aliphatic carbocycles. The Hall–Kier alpha value is -4.38. The first-order chi connectivity index (χ1) is 15.2. The summed E-state index contributed by atoms with van der Waals surface area (Å²) in [4.78, 5) is 27.4. The minimum atomic E-state index is -0.447. The highest BCUT2D eigenvalue weighted by Gasteiger charge is 2.24. The quantitative estimate of drug-likeness (QED) is 0.410. The Morgan fingerprint density at radius 2 is 1.19 bits per heavy atom. The molecule has 0 saturated carbocycles. The number of hydrogen-bond acceptors (Lipinski definition) is 2. The van der Waals surface area contributed by atoms with Crippen molar-refractivity contribution in [2.45, 2.75) is 0 Å². The summed E-state index contributed by atoms with van der Waals surface area (Å²) in [6.45, 7) is 0. The van der Waals surface area contributed by atoms with E-state index in [2.05, 4.69) is 10.9 Å². The molecule has 0 aromatic heterocycles. The van der Waals surface area contributed by atoms with Crippen LogP contribution in [-0.2, 0) is 0 Å². The molecule has 150 valence electrons. The van der Waals surface area contributed by atoms with Crippen molar-refractivity contribution in [2.75, 3.05) is 4.90 Å². The monoisotopic (exact) mass is 405 g/mol. The second-order valence-corrected chi connectivity index (χ2v) is 7.23. The van der Waals surface area contributed by atoms with Crippen LogP contribution in [0.1, 0.15) is 21.5 Å². The summed E-state index contributed by atoms with van der Waals surface area (Å²) in [5.74, 6) is -0.381. The van der Waals surface area contributed by atoms with E-state index in [9.17, 15) is 9.59 Å². The Morgan fingerprint density at radius 3 is 1.87 bits per heavy atom. The number of carbonyl (C=O) groups excluding carboxylic acids is 2. The molecule has 1 aliphatic heterocycles. The first-order valence-electron chi connectivity index (χ1n) is 9.96. The molecule has 0 saturated heterocycles. The molecule has 4 aromatic carbocycles. The third kappa shape index (κ3) is 3.53. The number of urea groups is 1. The summed E-state index contributed by atoms with van der Waals surface area (Å²) in [5.41, 5.74) is 8.88. The molecule has 4 aromatic rings. The fraction of sp³-hybridized carbons (Fsp3) is 0. The van der Waals surface area contributed by atoms with Crippen LogP contribution in [0.2, 0.25) is 0 Å². The number of carbonyl (C=O) groups is 2. The molecule has 1 heterocycles. The van der Waals surface area contributed by atoms with E-state index in [-0.39, 0.29) is 5.91 Å². The zero-order valence-electron chi connectivity index (χ0n) is 16.6. The van der Waals surface area contributed by atoms with Crippen LogP contribution >= 0.6 is 0 Å². The maximum Gasteiger partial charge on any atom is 0.345 e. The van der Waals surface area contributed by atoms with Gasteiger partial charge in [0.05, 0.1) is 11.4 Å². The first kappa shape index (κ1) is 18.6. The SMILES string of the molecule is O=C(NNC(=O)N1c2ccccc2C=Cc2ccccc21)c1ccc2ccccc2c1. The van der Waals surface area contributed by atoms with Gasteiger partial charge in [0.2, 0.25) is 0 Å². The van der Waals surface area contributed by atoms with Crippen LogP contribution in [0.3, 0.4) is 0 Å². The Morgan fingerprint density at radius 1 is 0.613 bits per heavy atom. The van der Waals surface area contributed by atoms with Gasteiger partial charge >= 0.3 is 6.03 Å². The third-order valence-corrected chi connectivity index (χ3v) is 5.30. The first-order valence-corrected chi connectivity index (χ1v) is 9.96. The maximum absolute atomic E-state index is 13.2. The van der Waals surface area contributed by atoms with Crippen molar-refractivity contribution in [1.82, 2.24) is 10.9 Å². The number of hydrazine groups is 1. The number of hydrogen-bond donors (Lipinski definition) is 2. The molecule has 0 fully saturated rings. The third-order valence-electron chi connectivity index (χ3n) is 5.30. The molecule has 2 N–H and O–H groups in total. The van der Waals surface area contributed by atoms with Gasteiger partial charge < -0.3 is 0 Å². The van der Waals surface area contributed by atoms with E-state index < -0.39 is 6.03 Å². The van der Waals surface area contributed by atoms with Crippen LogP contribution in [0.15, 0.2) is 91.0 Å². The van der Waals surface area contributed by atoms with E-state index in [4.69, 9.17) is 0 Å². The van der Waals surface area contributed by atoms with Gasteiger partial charge in [0.1, 0.15) is 0 Å². The number of nitrogens with one attached hydrogen (secondary N) is 2. The van der Waals surface area contributed by atoms with E-state index in [1.807, 2.05) is 91.0 Å².